The number of carbonyl (C=O) groups excluding carboxylic acids is 1. The van der Waals surface area contributed by atoms with Crippen LogP contribution in [0.2, 0.25) is 0 Å². The van der Waals surface area contributed by atoms with E-state index >= 15 is 0 Å². The third kappa shape index (κ3) is 7.94. The zero-order valence-corrected chi connectivity index (χ0v) is 21.4. The third-order valence-corrected chi connectivity index (χ3v) is 8.05. The first-order valence-corrected chi connectivity index (χ1v) is 13.2. The first-order valence-electron chi connectivity index (χ1n) is 12.1. The maximum atomic E-state index is 12.3. The molecule has 178 valence electrons. The standard InChI is InChI=1S/C26H45NO3S/c1-7-8-12-26(5,30)13-9-10-21-22-16-19(15-20(22)17-23(21)28)11-14-31-18-24(29)27(6)25(2,3)4/h9-10,15,20-23,28,30H,7-8,11-14,16-18H2,1-6H3/t20-,21+,22-,23+,26-/m0/s1. The van der Waals surface area contributed by atoms with Crippen molar-refractivity contribution in [2.24, 2.45) is 17.8 Å². The Kier molecular flexibility index (Phi) is 9.72. The van der Waals surface area contributed by atoms with Crippen molar-refractivity contribution in [3.05, 3.63) is 23.8 Å². The highest BCUT2D eigenvalue weighted by molar-refractivity contribution is 7.99. The van der Waals surface area contributed by atoms with Crippen LogP contribution >= 0.6 is 11.8 Å². The van der Waals surface area contributed by atoms with Gasteiger partial charge in [-0.1, -0.05) is 43.6 Å². The molecule has 0 unspecified atom stereocenters. The van der Waals surface area contributed by atoms with Crippen molar-refractivity contribution in [3.63, 3.8) is 0 Å². The summed E-state index contributed by atoms with van der Waals surface area (Å²) >= 11 is 1.72. The van der Waals surface area contributed by atoms with Crippen LogP contribution < -0.4 is 0 Å². The van der Waals surface area contributed by atoms with Gasteiger partial charge in [-0.05, 0) is 77.4 Å². The summed E-state index contributed by atoms with van der Waals surface area (Å²) in [6, 6.07) is 0. The molecule has 2 aliphatic rings. The summed E-state index contributed by atoms with van der Waals surface area (Å²) in [5.41, 5.74) is 0.708. The number of allylic oxidation sites excluding steroid dienone is 2. The van der Waals surface area contributed by atoms with Gasteiger partial charge >= 0.3 is 0 Å². The van der Waals surface area contributed by atoms with Crippen LogP contribution in [-0.2, 0) is 4.79 Å². The number of amides is 1. The number of nitrogens with zero attached hydrogens (tertiary/aromatic N) is 1. The monoisotopic (exact) mass is 451 g/mol. The maximum absolute atomic E-state index is 12.3. The molecule has 0 spiro atoms. The Bertz CT molecular complexity index is 650. The molecule has 1 saturated carbocycles. The molecular weight excluding hydrogens is 406 g/mol. The lowest BCUT2D eigenvalue weighted by Crippen LogP contribution is -2.43. The van der Waals surface area contributed by atoms with Gasteiger partial charge in [0.05, 0.1) is 17.5 Å². The van der Waals surface area contributed by atoms with Crippen LogP contribution in [0.5, 0.6) is 0 Å². The van der Waals surface area contributed by atoms with Gasteiger partial charge in [0, 0.05) is 18.5 Å². The van der Waals surface area contributed by atoms with Gasteiger partial charge in [-0.2, -0.15) is 11.8 Å². The van der Waals surface area contributed by atoms with E-state index in [4.69, 9.17) is 0 Å². The second-order valence-electron chi connectivity index (χ2n) is 10.9. The molecule has 0 aromatic carbocycles. The predicted octanol–water partition coefficient (Wildman–Crippen LogP) is 5.20. The SMILES string of the molecule is CCCC[C@](C)(O)CC=C[C@@H]1[C@H]2CC(CCSCC(=O)N(C)C(C)(C)C)=C[C@H]2C[C@H]1O. The van der Waals surface area contributed by atoms with Crippen molar-refractivity contribution in [1.29, 1.82) is 0 Å². The van der Waals surface area contributed by atoms with Crippen molar-refractivity contribution >= 4 is 17.7 Å². The molecule has 0 saturated heterocycles. The number of rotatable bonds is 11. The van der Waals surface area contributed by atoms with E-state index in [0.717, 1.165) is 44.3 Å². The van der Waals surface area contributed by atoms with Gasteiger partial charge in [-0.3, -0.25) is 4.79 Å². The van der Waals surface area contributed by atoms with Crippen LogP contribution in [0.25, 0.3) is 0 Å². The highest BCUT2D eigenvalue weighted by Gasteiger charge is 2.43. The molecule has 2 aliphatic carbocycles. The third-order valence-electron chi connectivity index (χ3n) is 7.11. The van der Waals surface area contributed by atoms with E-state index in [1.165, 1.54) is 5.57 Å². The fourth-order valence-corrected chi connectivity index (χ4v) is 5.68. The number of hydrogen-bond acceptors (Lipinski definition) is 4. The Morgan fingerprint density at radius 3 is 2.68 bits per heavy atom. The molecule has 0 bridgehead atoms. The number of aliphatic hydroxyl groups is 2. The smallest absolute Gasteiger partial charge is 0.232 e. The van der Waals surface area contributed by atoms with Gasteiger partial charge in [0.2, 0.25) is 5.91 Å². The van der Waals surface area contributed by atoms with Gasteiger partial charge in [-0.15, -0.1) is 0 Å². The first-order chi connectivity index (χ1) is 14.4. The largest absolute Gasteiger partial charge is 0.392 e. The number of carbonyl (C=O) groups is 1. The molecule has 5 heteroatoms. The first kappa shape index (κ1) is 26.5. The summed E-state index contributed by atoms with van der Waals surface area (Å²) in [5, 5.41) is 21.1. The number of fused-ring (bicyclic) bond motifs is 1. The Labute approximate surface area is 194 Å². The zero-order valence-electron chi connectivity index (χ0n) is 20.6. The number of hydrogen-bond donors (Lipinski definition) is 2. The molecule has 2 rings (SSSR count). The Hall–Kier alpha value is -0.780. The summed E-state index contributed by atoms with van der Waals surface area (Å²) < 4.78 is 0. The fraction of sp³-hybridized carbons (Fsp3) is 0.808. The molecule has 0 heterocycles. The average molecular weight is 452 g/mol. The van der Waals surface area contributed by atoms with Gasteiger partial charge in [-0.25, -0.2) is 0 Å². The van der Waals surface area contributed by atoms with Crippen LogP contribution in [-0.4, -0.2) is 56.8 Å². The highest BCUT2D eigenvalue weighted by Crippen LogP contribution is 2.48. The summed E-state index contributed by atoms with van der Waals surface area (Å²) in [6.07, 6.45) is 12.9. The zero-order chi connectivity index (χ0) is 23.2. The van der Waals surface area contributed by atoms with Gasteiger partial charge in [0.15, 0.2) is 0 Å². The molecule has 0 aliphatic heterocycles. The van der Waals surface area contributed by atoms with E-state index in [1.54, 1.807) is 11.8 Å². The molecule has 0 aromatic rings. The summed E-state index contributed by atoms with van der Waals surface area (Å²) in [6.45, 7) is 10.2. The lowest BCUT2D eigenvalue weighted by atomic mass is 9.88. The summed E-state index contributed by atoms with van der Waals surface area (Å²) in [4.78, 5) is 14.1. The van der Waals surface area contributed by atoms with Crippen molar-refractivity contribution < 1.29 is 15.0 Å². The molecule has 31 heavy (non-hydrogen) atoms. The van der Waals surface area contributed by atoms with Gasteiger partial charge in [0.1, 0.15) is 0 Å². The maximum Gasteiger partial charge on any atom is 0.232 e. The average Bonchev–Trinajstić information content (AvgIpc) is 3.19. The lowest BCUT2D eigenvalue weighted by Gasteiger charge is -2.32. The number of unbranched alkanes of at least 4 members (excludes halogenated alkanes) is 1. The van der Waals surface area contributed by atoms with Crippen LogP contribution in [0, 0.1) is 17.8 Å². The molecule has 1 amide bonds. The highest BCUT2D eigenvalue weighted by atomic mass is 32.2. The molecular formula is C26H45NO3S. The molecule has 2 N–H and O–H groups in total. The van der Waals surface area contributed by atoms with E-state index in [1.807, 2.05) is 18.9 Å². The van der Waals surface area contributed by atoms with E-state index < -0.39 is 5.60 Å². The topological polar surface area (TPSA) is 60.8 Å². The van der Waals surface area contributed by atoms with Crippen LogP contribution in [0.3, 0.4) is 0 Å². The number of thioether (sulfide) groups is 1. The predicted molar refractivity (Wildman–Crippen MR) is 132 cm³/mol. The van der Waals surface area contributed by atoms with Crippen molar-refractivity contribution in [2.45, 2.75) is 96.8 Å². The molecule has 0 radical (unpaired) electrons. The minimum absolute atomic E-state index is 0.129. The van der Waals surface area contributed by atoms with E-state index in [9.17, 15) is 15.0 Å². The quantitative estimate of drug-likeness (QED) is 0.335. The normalized spacial score (nSPS) is 27.9. The van der Waals surface area contributed by atoms with Crippen molar-refractivity contribution in [2.75, 3.05) is 18.6 Å². The van der Waals surface area contributed by atoms with Crippen molar-refractivity contribution in [3.8, 4) is 0 Å². The molecule has 0 aromatic heterocycles. The van der Waals surface area contributed by atoms with E-state index in [-0.39, 0.29) is 23.5 Å². The Balaban J connectivity index is 1.77. The fourth-order valence-electron chi connectivity index (χ4n) is 4.76. The minimum atomic E-state index is -0.649. The summed E-state index contributed by atoms with van der Waals surface area (Å²) in [7, 11) is 1.88. The van der Waals surface area contributed by atoms with Crippen LogP contribution in [0.1, 0.15) is 79.6 Å². The van der Waals surface area contributed by atoms with E-state index in [0.29, 0.717) is 24.0 Å². The molecule has 4 nitrogen and oxygen atoms in total. The summed E-state index contributed by atoms with van der Waals surface area (Å²) in [5.74, 6) is 2.85. The lowest BCUT2D eigenvalue weighted by molar-refractivity contribution is -0.131. The molecule has 5 atom stereocenters. The van der Waals surface area contributed by atoms with Crippen LogP contribution in [0.4, 0.5) is 0 Å². The van der Waals surface area contributed by atoms with Crippen LogP contribution in [0.15, 0.2) is 23.8 Å². The van der Waals surface area contributed by atoms with Gasteiger partial charge < -0.3 is 15.1 Å². The van der Waals surface area contributed by atoms with Crippen molar-refractivity contribution in [1.82, 2.24) is 4.90 Å². The van der Waals surface area contributed by atoms with Gasteiger partial charge in [0.25, 0.3) is 0 Å². The molecule has 1 fully saturated rings. The number of aliphatic hydroxyl groups excluding tert-OH is 1. The van der Waals surface area contributed by atoms with E-state index in [2.05, 4.69) is 45.9 Å². The second kappa shape index (κ2) is 11.4. The Morgan fingerprint density at radius 1 is 1.32 bits per heavy atom. The minimum Gasteiger partial charge on any atom is -0.392 e. The second-order valence-corrected chi connectivity index (χ2v) is 12.0. The Morgan fingerprint density at radius 2 is 2.03 bits per heavy atom.